The summed E-state index contributed by atoms with van der Waals surface area (Å²) in [7, 11) is 0. The molecule has 0 aliphatic heterocycles. The Bertz CT molecular complexity index is 333. The van der Waals surface area contributed by atoms with Crippen LogP contribution in [0.3, 0.4) is 0 Å². The van der Waals surface area contributed by atoms with Crippen molar-refractivity contribution >= 4 is 11.7 Å². The minimum atomic E-state index is -1.01. The van der Waals surface area contributed by atoms with Crippen molar-refractivity contribution in [2.24, 2.45) is 5.10 Å². The van der Waals surface area contributed by atoms with E-state index in [1.54, 1.807) is 0 Å². The monoisotopic (exact) mass is 192 g/mol. The average Bonchev–Trinajstić information content (AvgIpc) is 2.19. The van der Waals surface area contributed by atoms with Crippen molar-refractivity contribution in [3.63, 3.8) is 0 Å². The number of carboxylic acids is 1. The number of carboxylic acid groups (broad SMARTS) is 1. The van der Waals surface area contributed by atoms with Gasteiger partial charge in [-0.3, -0.25) is 0 Å². The number of benzene rings is 1. The Balaban J connectivity index is 2.43. The molecule has 0 heterocycles. The van der Waals surface area contributed by atoms with E-state index in [0.29, 0.717) is 6.54 Å². The van der Waals surface area contributed by atoms with Gasteiger partial charge in [0.1, 0.15) is 5.71 Å². The summed E-state index contributed by atoms with van der Waals surface area (Å²) < 4.78 is 0. The molecule has 1 aromatic carbocycles. The molecule has 0 bridgehead atoms. The molecule has 0 saturated heterocycles. The lowest BCUT2D eigenvalue weighted by Crippen LogP contribution is -2.14. The van der Waals surface area contributed by atoms with Crippen LogP contribution in [0.25, 0.3) is 0 Å². The molecule has 14 heavy (non-hydrogen) atoms. The predicted molar refractivity (Wildman–Crippen MR) is 54.0 cm³/mol. The third-order valence-corrected chi connectivity index (χ3v) is 1.68. The largest absolute Gasteiger partial charge is 0.477 e. The lowest BCUT2D eigenvalue weighted by molar-refractivity contribution is -0.129. The van der Waals surface area contributed by atoms with E-state index in [1.807, 2.05) is 30.3 Å². The summed E-state index contributed by atoms with van der Waals surface area (Å²) in [5, 5.41) is 12.2. The first-order chi connectivity index (χ1) is 6.70. The van der Waals surface area contributed by atoms with Crippen LogP contribution in [0.4, 0.5) is 0 Å². The van der Waals surface area contributed by atoms with Crippen molar-refractivity contribution in [2.75, 3.05) is 0 Å². The van der Waals surface area contributed by atoms with E-state index in [0.717, 1.165) is 5.56 Å². The quantitative estimate of drug-likeness (QED) is 0.557. The standard InChI is InChI=1S/C10H12N2O2/c1-8(10(13)14)12-11-7-9-5-3-2-4-6-9/h2-6,11H,7H2,1H3,(H,13,14)/b12-8+. The zero-order chi connectivity index (χ0) is 10.4. The van der Waals surface area contributed by atoms with Gasteiger partial charge < -0.3 is 10.5 Å². The van der Waals surface area contributed by atoms with E-state index >= 15 is 0 Å². The van der Waals surface area contributed by atoms with Crippen molar-refractivity contribution in [3.05, 3.63) is 35.9 Å². The van der Waals surface area contributed by atoms with Gasteiger partial charge in [0.15, 0.2) is 0 Å². The second-order valence-corrected chi connectivity index (χ2v) is 2.82. The summed E-state index contributed by atoms with van der Waals surface area (Å²) in [6.45, 7) is 1.98. The molecule has 0 unspecified atom stereocenters. The number of nitrogens with one attached hydrogen (secondary N) is 1. The van der Waals surface area contributed by atoms with Gasteiger partial charge in [-0.05, 0) is 12.5 Å². The average molecular weight is 192 g/mol. The van der Waals surface area contributed by atoms with E-state index in [2.05, 4.69) is 10.5 Å². The molecule has 0 aromatic heterocycles. The number of hydrogen-bond acceptors (Lipinski definition) is 3. The number of aliphatic carboxylic acids is 1. The van der Waals surface area contributed by atoms with Gasteiger partial charge in [-0.25, -0.2) is 4.79 Å². The van der Waals surface area contributed by atoms with Gasteiger partial charge in [-0.15, -0.1) is 0 Å². The van der Waals surface area contributed by atoms with E-state index in [-0.39, 0.29) is 5.71 Å². The van der Waals surface area contributed by atoms with Gasteiger partial charge in [0.25, 0.3) is 0 Å². The van der Waals surface area contributed by atoms with Crippen LogP contribution in [-0.4, -0.2) is 16.8 Å². The molecule has 2 N–H and O–H groups in total. The van der Waals surface area contributed by atoms with E-state index in [4.69, 9.17) is 5.11 Å². The molecule has 1 rings (SSSR count). The van der Waals surface area contributed by atoms with E-state index in [9.17, 15) is 4.79 Å². The highest BCUT2D eigenvalue weighted by Gasteiger charge is 1.99. The van der Waals surface area contributed by atoms with Crippen LogP contribution >= 0.6 is 0 Å². The fourth-order valence-corrected chi connectivity index (χ4v) is 0.893. The second kappa shape index (κ2) is 5.01. The molecule has 0 fully saturated rings. The zero-order valence-corrected chi connectivity index (χ0v) is 7.90. The Hall–Kier alpha value is -1.84. The summed E-state index contributed by atoms with van der Waals surface area (Å²) in [6, 6.07) is 9.65. The predicted octanol–water partition coefficient (Wildman–Crippen LogP) is 1.24. The maximum absolute atomic E-state index is 10.4. The molecule has 0 spiro atoms. The molecule has 4 nitrogen and oxygen atoms in total. The van der Waals surface area contributed by atoms with Gasteiger partial charge in [0.2, 0.25) is 0 Å². The SMILES string of the molecule is C/C(=N\NCc1ccccc1)C(=O)O. The number of hydrazone groups is 1. The molecule has 0 radical (unpaired) electrons. The molecule has 4 heteroatoms. The summed E-state index contributed by atoms with van der Waals surface area (Å²) in [6.07, 6.45) is 0. The number of carbonyl (C=O) groups is 1. The van der Waals surface area contributed by atoms with Crippen LogP contribution in [0.5, 0.6) is 0 Å². The van der Waals surface area contributed by atoms with Crippen LogP contribution in [-0.2, 0) is 11.3 Å². The molecule has 0 aliphatic rings. The highest BCUT2D eigenvalue weighted by molar-refractivity contribution is 6.34. The number of rotatable bonds is 4. The highest BCUT2D eigenvalue weighted by atomic mass is 16.4. The number of hydrogen-bond donors (Lipinski definition) is 2. The third-order valence-electron chi connectivity index (χ3n) is 1.68. The lowest BCUT2D eigenvalue weighted by atomic mass is 10.2. The number of nitrogens with zero attached hydrogens (tertiary/aromatic N) is 1. The maximum atomic E-state index is 10.4. The molecular weight excluding hydrogens is 180 g/mol. The summed E-state index contributed by atoms with van der Waals surface area (Å²) >= 11 is 0. The Labute approximate surface area is 82.3 Å². The van der Waals surface area contributed by atoms with Gasteiger partial charge in [-0.2, -0.15) is 5.10 Å². The fraction of sp³-hybridized carbons (Fsp3) is 0.200. The summed E-state index contributed by atoms with van der Waals surface area (Å²) in [4.78, 5) is 10.4. The van der Waals surface area contributed by atoms with Gasteiger partial charge in [0.05, 0.1) is 6.54 Å². The van der Waals surface area contributed by atoms with Crippen LogP contribution < -0.4 is 5.43 Å². The van der Waals surface area contributed by atoms with E-state index in [1.165, 1.54) is 6.92 Å². The van der Waals surface area contributed by atoms with Crippen molar-refractivity contribution in [1.29, 1.82) is 0 Å². The Morgan fingerprint density at radius 2 is 2.07 bits per heavy atom. The first-order valence-corrected chi connectivity index (χ1v) is 4.24. The van der Waals surface area contributed by atoms with Crippen LogP contribution in [0.2, 0.25) is 0 Å². The smallest absolute Gasteiger partial charge is 0.351 e. The topological polar surface area (TPSA) is 61.7 Å². The van der Waals surface area contributed by atoms with Crippen molar-refractivity contribution < 1.29 is 9.90 Å². The summed E-state index contributed by atoms with van der Waals surface area (Å²) in [5.74, 6) is -1.01. The highest BCUT2D eigenvalue weighted by Crippen LogP contribution is 1.96. The van der Waals surface area contributed by atoms with Crippen molar-refractivity contribution in [1.82, 2.24) is 5.43 Å². The molecule has 0 saturated carbocycles. The third kappa shape index (κ3) is 3.26. The normalized spacial score (nSPS) is 11.1. The maximum Gasteiger partial charge on any atom is 0.351 e. The van der Waals surface area contributed by atoms with Gasteiger partial charge in [-0.1, -0.05) is 30.3 Å². The summed E-state index contributed by atoms with van der Waals surface area (Å²) in [5.41, 5.74) is 3.81. The Kier molecular flexibility index (Phi) is 3.67. The zero-order valence-electron chi connectivity index (χ0n) is 7.90. The van der Waals surface area contributed by atoms with Crippen LogP contribution in [0.15, 0.2) is 35.4 Å². The minimum Gasteiger partial charge on any atom is -0.477 e. The lowest BCUT2D eigenvalue weighted by Gasteiger charge is -2.00. The van der Waals surface area contributed by atoms with E-state index < -0.39 is 5.97 Å². The fourth-order valence-electron chi connectivity index (χ4n) is 0.893. The van der Waals surface area contributed by atoms with Crippen LogP contribution in [0.1, 0.15) is 12.5 Å². The van der Waals surface area contributed by atoms with Crippen molar-refractivity contribution in [3.8, 4) is 0 Å². The molecule has 74 valence electrons. The van der Waals surface area contributed by atoms with Gasteiger partial charge in [0, 0.05) is 0 Å². The molecule has 1 aromatic rings. The Morgan fingerprint density at radius 1 is 1.43 bits per heavy atom. The first kappa shape index (κ1) is 10.2. The van der Waals surface area contributed by atoms with Gasteiger partial charge >= 0.3 is 5.97 Å². The van der Waals surface area contributed by atoms with Crippen molar-refractivity contribution in [2.45, 2.75) is 13.5 Å². The molecule has 0 aliphatic carbocycles. The molecular formula is C10H12N2O2. The minimum absolute atomic E-state index is 0.0564. The molecule has 0 atom stereocenters. The molecule has 0 amide bonds. The first-order valence-electron chi connectivity index (χ1n) is 4.24. The Morgan fingerprint density at radius 3 is 2.64 bits per heavy atom. The van der Waals surface area contributed by atoms with Crippen LogP contribution in [0, 0.1) is 0 Å². The second-order valence-electron chi connectivity index (χ2n) is 2.82.